The maximum absolute atomic E-state index is 14.3. The minimum absolute atomic E-state index is 0.0247. The molecule has 2 heterocycles. The third-order valence-corrected chi connectivity index (χ3v) is 7.16. The number of hydrogen-bond donors (Lipinski definition) is 2. The third-order valence-electron chi connectivity index (χ3n) is 7.16. The van der Waals surface area contributed by atoms with E-state index in [2.05, 4.69) is 5.32 Å². The molecule has 2 aromatic rings. The molecule has 2 fully saturated rings. The summed E-state index contributed by atoms with van der Waals surface area (Å²) in [7, 11) is 0. The number of rotatable bonds is 7. The molecule has 1 aromatic heterocycles. The summed E-state index contributed by atoms with van der Waals surface area (Å²) in [6, 6.07) is 8.12. The normalized spacial score (nSPS) is 17.4. The van der Waals surface area contributed by atoms with Gasteiger partial charge in [-0.1, -0.05) is 37.5 Å². The van der Waals surface area contributed by atoms with E-state index in [4.69, 9.17) is 5.73 Å². The van der Waals surface area contributed by atoms with Gasteiger partial charge in [-0.05, 0) is 31.9 Å². The number of hydrogen-bond acceptors (Lipinski definition) is 4. The first-order valence-electron chi connectivity index (χ1n) is 12.4. The Kier molecular flexibility index (Phi) is 7.85. The molecule has 2 aliphatic rings. The van der Waals surface area contributed by atoms with Gasteiger partial charge in [-0.15, -0.1) is 0 Å². The van der Waals surface area contributed by atoms with Gasteiger partial charge in [0, 0.05) is 43.5 Å². The average Bonchev–Trinajstić information content (AvgIpc) is 3.18. The second kappa shape index (κ2) is 11.0. The Balaban J connectivity index is 1.40. The van der Waals surface area contributed by atoms with Gasteiger partial charge < -0.3 is 20.5 Å². The second-order valence-corrected chi connectivity index (χ2v) is 9.54. The van der Waals surface area contributed by atoms with Crippen LogP contribution < -0.4 is 11.1 Å². The highest BCUT2D eigenvalue weighted by molar-refractivity contribution is 6.01. The number of amides is 3. The number of nitrogens with two attached hydrogens (primary N) is 1. The van der Waals surface area contributed by atoms with E-state index in [1.165, 1.54) is 18.6 Å². The molecule has 4 rings (SSSR count). The standard InChI is InChI=1S/C26H34FN5O3/c1-18-21(25(28)34)15-23(32(18)16-19-7-5-6-10-22(19)27)24(33)17-30-11-13-31(14-12-30)26(35)29-20-8-3-2-4-9-20/h5-7,10,15,20H,2-4,8-9,11-14,16-17H2,1H3,(H2,28,34)(H,29,35). The number of ketones is 1. The Labute approximate surface area is 205 Å². The summed E-state index contributed by atoms with van der Waals surface area (Å²) in [4.78, 5) is 41.6. The number of aromatic nitrogens is 1. The molecule has 0 unspecified atom stereocenters. The van der Waals surface area contributed by atoms with E-state index in [-0.39, 0.29) is 42.3 Å². The summed E-state index contributed by atoms with van der Waals surface area (Å²) in [5, 5.41) is 3.15. The van der Waals surface area contributed by atoms with Gasteiger partial charge in [0.25, 0.3) is 5.91 Å². The van der Waals surface area contributed by atoms with Gasteiger partial charge in [-0.3, -0.25) is 14.5 Å². The minimum Gasteiger partial charge on any atom is -0.366 e. The molecular weight excluding hydrogens is 449 g/mol. The van der Waals surface area contributed by atoms with Crippen LogP contribution in [0.2, 0.25) is 0 Å². The Morgan fingerprint density at radius 2 is 1.74 bits per heavy atom. The Morgan fingerprint density at radius 1 is 1.06 bits per heavy atom. The van der Waals surface area contributed by atoms with Gasteiger partial charge in [0.05, 0.1) is 24.3 Å². The third kappa shape index (κ3) is 5.90. The maximum atomic E-state index is 14.3. The summed E-state index contributed by atoms with van der Waals surface area (Å²) >= 11 is 0. The summed E-state index contributed by atoms with van der Waals surface area (Å²) in [5.41, 5.74) is 7.07. The van der Waals surface area contributed by atoms with Gasteiger partial charge in [0.1, 0.15) is 5.82 Å². The van der Waals surface area contributed by atoms with Crippen LogP contribution in [-0.2, 0) is 6.54 Å². The molecule has 3 amide bonds. The van der Waals surface area contributed by atoms with E-state index in [9.17, 15) is 18.8 Å². The lowest BCUT2D eigenvalue weighted by Crippen LogP contribution is -2.54. The molecule has 9 heteroatoms. The Bertz CT molecular complexity index is 1080. The lowest BCUT2D eigenvalue weighted by molar-refractivity contribution is 0.0867. The van der Waals surface area contributed by atoms with Crippen LogP contribution >= 0.6 is 0 Å². The number of piperazine rings is 1. The van der Waals surface area contributed by atoms with Crippen LogP contribution in [0, 0.1) is 12.7 Å². The van der Waals surface area contributed by atoms with Gasteiger partial charge >= 0.3 is 6.03 Å². The summed E-state index contributed by atoms with van der Waals surface area (Å²) in [5.74, 6) is -1.17. The first kappa shape index (κ1) is 24.9. The molecule has 1 aliphatic carbocycles. The van der Waals surface area contributed by atoms with Crippen molar-refractivity contribution in [3.8, 4) is 0 Å². The van der Waals surface area contributed by atoms with Crippen LogP contribution in [0.5, 0.6) is 0 Å². The molecule has 1 aromatic carbocycles. The van der Waals surface area contributed by atoms with Crippen molar-refractivity contribution in [2.45, 2.75) is 51.6 Å². The largest absolute Gasteiger partial charge is 0.366 e. The molecule has 1 saturated heterocycles. The van der Waals surface area contributed by atoms with Gasteiger partial charge in [0.2, 0.25) is 0 Å². The van der Waals surface area contributed by atoms with Crippen molar-refractivity contribution in [2.75, 3.05) is 32.7 Å². The van der Waals surface area contributed by atoms with Crippen molar-refractivity contribution in [3.63, 3.8) is 0 Å². The molecular formula is C26H34FN5O3. The summed E-state index contributed by atoms with van der Waals surface area (Å²) in [6.07, 6.45) is 5.65. The first-order chi connectivity index (χ1) is 16.8. The zero-order valence-electron chi connectivity index (χ0n) is 20.3. The minimum atomic E-state index is -0.624. The molecule has 3 N–H and O–H groups in total. The second-order valence-electron chi connectivity index (χ2n) is 9.54. The zero-order chi connectivity index (χ0) is 24.9. The first-order valence-corrected chi connectivity index (χ1v) is 12.4. The SMILES string of the molecule is Cc1c(C(N)=O)cc(C(=O)CN2CCN(C(=O)NC3CCCCC3)CC2)n1Cc1ccccc1F. The lowest BCUT2D eigenvalue weighted by atomic mass is 9.96. The molecule has 0 bridgehead atoms. The quantitative estimate of drug-likeness (QED) is 0.592. The predicted octanol–water partition coefficient (Wildman–Crippen LogP) is 2.93. The highest BCUT2D eigenvalue weighted by atomic mass is 19.1. The molecule has 188 valence electrons. The highest BCUT2D eigenvalue weighted by Gasteiger charge is 2.27. The average molecular weight is 484 g/mol. The van der Waals surface area contributed by atoms with Crippen molar-refractivity contribution < 1.29 is 18.8 Å². The van der Waals surface area contributed by atoms with Crippen LogP contribution in [-0.4, -0.2) is 70.9 Å². The number of carbonyl (C=O) groups is 3. The molecule has 8 nitrogen and oxygen atoms in total. The predicted molar refractivity (Wildman–Crippen MR) is 131 cm³/mol. The maximum Gasteiger partial charge on any atom is 0.317 e. The topological polar surface area (TPSA) is 101 Å². The monoisotopic (exact) mass is 483 g/mol. The van der Waals surface area contributed by atoms with Crippen LogP contribution in [0.4, 0.5) is 9.18 Å². The number of urea groups is 1. The number of carbonyl (C=O) groups excluding carboxylic acids is 3. The van der Waals surface area contributed by atoms with Gasteiger partial charge in [0.15, 0.2) is 5.78 Å². The Hall–Kier alpha value is -3.20. The summed E-state index contributed by atoms with van der Waals surface area (Å²) < 4.78 is 16.0. The molecule has 0 radical (unpaired) electrons. The fourth-order valence-corrected chi connectivity index (χ4v) is 5.03. The van der Waals surface area contributed by atoms with Crippen molar-refractivity contribution in [3.05, 3.63) is 58.7 Å². The zero-order valence-corrected chi connectivity index (χ0v) is 20.3. The number of halogens is 1. The van der Waals surface area contributed by atoms with Crippen molar-refractivity contribution >= 4 is 17.7 Å². The van der Waals surface area contributed by atoms with Crippen LogP contribution in [0.15, 0.2) is 30.3 Å². The van der Waals surface area contributed by atoms with E-state index < -0.39 is 5.91 Å². The molecule has 0 spiro atoms. The summed E-state index contributed by atoms with van der Waals surface area (Å²) in [6.45, 7) is 4.25. The van der Waals surface area contributed by atoms with E-state index in [1.54, 1.807) is 29.7 Å². The fraction of sp³-hybridized carbons (Fsp3) is 0.500. The van der Waals surface area contributed by atoms with Gasteiger partial charge in [-0.2, -0.15) is 0 Å². The number of nitrogens with one attached hydrogen (secondary N) is 1. The van der Waals surface area contributed by atoms with E-state index in [1.807, 2.05) is 9.80 Å². The molecule has 0 atom stereocenters. The number of benzene rings is 1. The number of Topliss-reactive ketones (excluding diaryl/α,β-unsaturated/α-hetero) is 1. The van der Waals surface area contributed by atoms with Crippen LogP contribution in [0.25, 0.3) is 0 Å². The van der Waals surface area contributed by atoms with Crippen LogP contribution in [0.3, 0.4) is 0 Å². The molecule has 1 aliphatic heterocycles. The number of primary amides is 1. The highest BCUT2D eigenvalue weighted by Crippen LogP contribution is 2.21. The number of nitrogens with zero attached hydrogens (tertiary/aromatic N) is 3. The molecule has 35 heavy (non-hydrogen) atoms. The fourth-order valence-electron chi connectivity index (χ4n) is 5.03. The molecule has 1 saturated carbocycles. The van der Waals surface area contributed by atoms with E-state index in [0.29, 0.717) is 43.1 Å². The van der Waals surface area contributed by atoms with Crippen molar-refractivity contribution in [2.24, 2.45) is 5.73 Å². The Morgan fingerprint density at radius 3 is 2.40 bits per heavy atom. The lowest BCUT2D eigenvalue weighted by Gasteiger charge is -2.35. The van der Waals surface area contributed by atoms with E-state index in [0.717, 1.165) is 25.7 Å². The van der Waals surface area contributed by atoms with Crippen molar-refractivity contribution in [1.29, 1.82) is 0 Å². The van der Waals surface area contributed by atoms with Crippen LogP contribution in [0.1, 0.15) is 64.2 Å². The van der Waals surface area contributed by atoms with Gasteiger partial charge in [-0.25, -0.2) is 9.18 Å². The smallest absolute Gasteiger partial charge is 0.317 e. The van der Waals surface area contributed by atoms with E-state index >= 15 is 0 Å². The van der Waals surface area contributed by atoms with Crippen molar-refractivity contribution in [1.82, 2.24) is 19.7 Å².